The molecule has 0 aromatic carbocycles. The van der Waals surface area contributed by atoms with Crippen molar-refractivity contribution in [2.45, 2.75) is 12.8 Å². The van der Waals surface area contributed by atoms with E-state index in [-0.39, 0.29) is 11.4 Å². The standard InChI is InChI=1S/C13H17NO4S/c1-17-12(15)10-7-9(5-4-6-19-3)8-11(14-10)13(16)18-2/h7-8H,4-6H2,1-3H3. The van der Waals surface area contributed by atoms with Crippen molar-refractivity contribution >= 4 is 23.7 Å². The number of methoxy groups -OCH3 is 2. The molecule has 1 aromatic rings. The fourth-order valence-corrected chi connectivity index (χ4v) is 2.00. The second-order valence-corrected chi connectivity index (χ2v) is 4.81. The Morgan fingerprint density at radius 3 is 2.11 bits per heavy atom. The molecule has 0 aliphatic rings. The molecule has 0 spiro atoms. The first-order chi connectivity index (χ1) is 9.12. The first-order valence-electron chi connectivity index (χ1n) is 5.79. The zero-order valence-electron chi connectivity index (χ0n) is 11.3. The molecule has 1 rings (SSSR count). The fraction of sp³-hybridized carbons (Fsp3) is 0.462. The van der Waals surface area contributed by atoms with Gasteiger partial charge in [0, 0.05) is 0 Å². The predicted molar refractivity (Wildman–Crippen MR) is 73.6 cm³/mol. The Hall–Kier alpha value is -1.56. The Kier molecular flexibility index (Phi) is 6.35. The number of hydrogen-bond acceptors (Lipinski definition) is 6. The largest absolute Gasteiger partial charge is 0.464 e. The predicted octanol–water partition coefficient (Wildman–Crippen LogP) is 1.95. The van der Waals surface area contributed by atoms with Crippen LogP contribution >= 0.6 is 11.8 Å². The smallest absolute Gasteiger partial charge is 0.356 e. The Morgan fingerprint density at radius 1 is 1.16 bits per heavy atom. The highest BCUT2D eigenvalue weighted by Gasteiger charge is 2.15. The minimum atomic E-state index is -0.558. The van der Waals surface area contributed by atoms with Crippen LogP contribution in [0.1, 0.15) is 33.0 Å². The summed E-state index contributed by atoms with van der Waals surface area (Å²) in [5.74, 6) is -0.0996. The quantitative estimate of drug-likeness (QED) is 0.587. The van der Waals surface area contributed by atoms with E-state index in [0.717, 1.165) is 24.2 Å². The van der Waals surface area contributed by atoms with Gasteiger partial charge in [0.05, 0.1) is 14.2 Å². The van der Waals surface area contributed by atoms with Gasteiger partial charge in [0.25, 0.3) is 0 Å². The SMILES string of the molecule is COC(=O)c1cc(CCCSC)cc(C(=O)OC)n1. The first-order valence-corrected chi connectivity index (χ1v) is 7.18. The Labute approximate surface area is 116 Å². The summed E-state index contributed by atoms with van der Waals surface area (Å²) in [7, 11) is 2.56. The topological polar surface area (TPSA) is 65.5 Å². The van der Waals surface area contributed by atoms with E-state index in [9.17, 15) is 9.59 Å². The van der Waals surface area contributed by atoms with Gasteiger partial charge in [-0.3, -0.25) is 0 Å². The van der Waals surface area contributed by atoms with Gasteiger partial charge in [0.2, 0.25) is 0 Å². The van der Waals surface area contributed by atoms with Gasteiger partial charge in [-0.1, -0.05) is 0 Å². The molecule has 104 valence electrons. The van der Waals surface area contributed by atoms with E-state index in [2.05, 4.69) is 14.5 Å². The highest BCUT2D eigenvalue weighted by Crippen LogP contribution is 2.12. The number of aromatic nitrogens is 1. The molecule has 0 aliphatic carbocycles. The van der Waals surface area contributed by atoms with Crippen LogP contribution in [0.3, 0.4) is 0 Å². The van der Waals surface area contributed by atoms with Crippen molar-refractivity contribution in [3.8, 4) is 0 Å². The van der Waals surface area contributed by atoms with Crippen LogP contribution in [-0.4, -0.2) is 43.2 Å². The molecule has 0 radical (unpaired) electrons. The second-order valence-electron chi connectivity index (χ2n) is 3.83. The molecule has 0 bridgehead atoms. The summed E-state index contributed by atoms with van der Waals surface area (Å²) >= 11 is 1.75. The summed E-state index contributed by atoms with van der Waals surface area (Å²) < 4.78 is 9.26. The number of aryl methyl sites for hydroxylation is 1. The van der Waals surface area contributed by atoms with Gasteiger partial charge in [0.15, 0.2) is 0 Å². The summed E-state index contributed by atoms with van der Waals surface area (Å²) in [6.45, 7) is 0. The molecule has 0 N–H and O–H groups in total. The molecular weight excluding hydrogens is 266 g/mol. The summed E-state index contributed by atoms with van der Waals surface area (Å²) in [4.78, 5) is 27.0. The van der Waals surface area contributed by atoms with E-state index in [1.165, 1.54) is 14.2 Å². The number of carbonyl (C=O) groups excluding carboxylic acids is 2. The lowest BCUT2D eigenvalue weighted by molar-refractivity contribution is 0.0585. The molecule has 1 aromatic heterocycles. The van der Waals surface area contributed by atoms with Crippen LogP contribution in [0.2, 0.25) is 0 Å². The zero-order chi connectivity index (χ0) is 14.3. The molecule has 1 heterocycles. The summed E-state index contributed by atoms with van der Waals surface area (Å²) in [5.41, 5.74) is 1.14. The summed E-state index contributed by atoms with van der Waals surface area (Å²) in [6, 6.07) is 3.30. The average molecular weight is 283 g/mol. The second kappa shape index (κ2) is 7.78. The van der Waals surface area contributed by atoms with Crippen molar-refractivity contribution < 1.29 is 19.1 Å². The van der Waals surface area contributed by atoms with Crippen LogP contribution in [0.4, 0.5) is 0 Å². The van der Waals surface area contributed by atoms with E-state index in [1.54, 1.807) is 23.9 Å². The van der Waals surface area contributed by atoms with Gasteiger partial charge < -0.3 is 9.47 Å². The summed E-state index contributed by atoms with van der Waals surface area (Å²) in [5, 5.41) is 0. The number of carbonyl (C=O) groups is 2. The maximum Gasteiger partial charge on any atom is 0.356 e. The van der Waals surface area contributed by atoms with Gasteiger partial charge in [-0.25, -0.2) is 14.6 Å². The van der Waals surface area contributed by atoms with Crippen molar-refractivity contribution in [1.29, 1.82) is 0 Å². The highest BCUT2D eigenvalue weighted by molar-refractivity contribution is 7.98. The monoisotopic (exact) mass is 283 g/mol. The fourth-order valence-electron chi connectivity index (χ4n) is 1.57. The van der Waals surface area contributed by atoms with Gasteiger partial charge >= 0.3 is 11.9 Å². The van der Waals surface area contributed by atoms with Crippen LogP contribution in [0.5, 0.6) is 0 Å². The van der Waals surface area contributed by atoms with Crippen molar-refractivity contribution in [2.24, 2.45) is 0 Å². The molecule has 0 atom stereocenters. The Morgan fingerprint density at radius 2 is 1.68 bits per heavy atom. The van der Waals surface area contributed by atoms with E-state index in [4.69, 9.17) is 0 Å². The molecule has 0 saturated carbocycles. The first kappa shape index (κ1) is 15.5. The van der Waals surface area contributed by atoms with Crippen LogP contribution in [0, 0.1) is 0 Å². The number of hydrogen-bond donors (Lipinski definition) is 0. The molecule has 6 heteroatoms. The van der Waals surface area contributed by atoms with Crippen LogP contribution in [0.25, 0.3) is 0 Å². The third-order valence-corrected chi connectivity index (χ3v) is 3.19. The number of ether oxygens (including phenoxy) is 2. The maximum absolute atomic E-state index is 11.5. The van der Waals surface area contributed by atoms with Gasteiger partial charge in [-0.2, -0.15) is 11.8 Å². The normalized spacial score (nSPS) is 10.1. The number of nitrogens with zero attached hydrogens (tertiary/aromatic N) is 1. The van der Waals surface area contributed by atoms with E-state index in [1.807, 2.05) is 6.26 Å². The summed E-state index contributed by atoms with van der Waals surface area (Å²) in [6.07, 6.45) is 3.77. The lowest BCUT2D eigenvalue weighted by Crippen LogP contribution is -2.12. The van der Waals surface area contributed by atoms with E-state index < -0.39 is 11.9 Å². The Balaban J connectivity index is 3.02. The van der Waals surface area contributed by atoms with E-state index in [0.29, 0.717) is 0 Å². The number of pyridine rings is 1. The number of thioether (sulfide) groups is 1. The zero-order valence-corrected chi connectivity index (χ0v) is 12.1. The van der Waals surface area contributed by atoms with Crippen molar-refractivity contribution in [3.63, 3.8) is 0 Å². The maximum atomic E-state index is 11.5. The molecule has 19 heavy (non-hydrogen) atoms. The molecule has 0 unspecified atom stereocenters. The van der Waals surface area contributed by atoms with Gasteiger partial charge in [0.1, 0.15) is 11.4 Å². The van der Waals surface area contributed by atoms with E-state index >= 15 is 0 Å². The minimum Gasteiger partial charge on any atom is -0.464 e. The molecular formula is C13H17NO4S. The van der Waals surface area contributed by atoms with Gasteiger partial charge in [-0.15, -0.1) is 0 Å². The number of rotatable bonds is 6. The molecule has 0 amide bonds. The van der Waals surface area contributed by atoms with Crippen LogP contribution < -0.4 is 0 Å². The number of esters is 2. The highest BCUT2D eigenvalue weighted by atomic mass is 32.2. The third-order valence-electron chi connectivity index (χ3n) is 2.49. The van der Waals surface area contributed by atoms with Crippen LogP contribution in [0.15, 0.2) is 12.1 Å². The van der Waals surface area contributed by atoms with Crippen molar-refractivity contribution in [1.82, 2.24) is 4.98 Å². The third kappa shape index (κ3) is 4.55. The van der Waals surface area contributed by atoms with Crippen molar-refractivity contribution in [2.75, 3.05) is 26.2 Å². The lowest BCUT2D eigenvalue weighted by atomic mass is 10.1. The average Bonchev–Trinajstić information content (AvgIpc) is 2.45. The lowest BCUT2D eigenvalue weighted by Gasteiger charge is -2.06. The Bertz CT molecular complexity index is 428. The molecule has 0 fully saturated rings. The minimum absolute atomic E-state index is 0.129. The molecule has 0 saturated heterocycles. The molecule has 0 aliphatic heterocycles. The van der Waals surface area contributed by atoms with Gasteiger partial charge in [-0.05, 0) is 42.5 Å². The van der Waals surface area contributed by atoms with Crippen LogP contribution in [-0.2, 0) is 15.9 Å². The van der Waals surface area contributed by atoms with Crippen molar-refractivity contribution in [3.05, 3.63) is 29.1 Å². The molecule has 5 nitrogen and oxygen atoms in total.